The number of furan rings is 1. The number of nitrogens with one attached hydrogen (secondary N) is 1. The largest absolute Gasteiger partial charge is 0.478 e. The Morgan fingerprint density at radius 3 is 2.83 bits per heavy atom. The van der Waals surface area contributed by atoms with E-state index in [1.165, 1.54) is 6.07 Å². The highest BCUT2D eigenvalue weighted by Crippen LogP contribution is 2.28. The van der Waals surface area contributed by atoms with E-state index in [1.807, 2.05) is 11.8 Å². The fourth-order valence-electron chi connectivity index (χ4n) is 2.11. The molecule has 1 fully saturated rings. The first-order chi connectivity index (χ1) is 8.60. The fraction of sp³-hybridized carbons (Fsp3) is 0.500. The maximum atomic E-state index is 11.8. The average molecular weight is 269 g/mol. The van der Waals surface area contributed by atoms with Crippen LogP contribution in [0.25, 0.3) is 0 Å². The van der Waals surface area contributed by atoms with Crippen LogP contribution in [0.2, 0.25) is 0 Å². The summed E-state index contributed by atoms with van der Waals surface area (Å²) in [5.74, 6) is -1.38. The van der Waals surface area contributed by atoms with Crippen LogP contribution in [0.15, 0.2) is 16.7 Å². The van der Waals surface area contributed by atoms with Crippen molar-refractivity contribution in [3.05, 3.63) is 23.7 Å². The van der Waals surface area contributed by atoms with Crippen LogP contribution in [-0.4, -0.2) is 34.5 Å². The molecule has 1 aromatic rings. The standard InChI is InChI=1S/C12H15NO4S/c1-18-9-3-2-8(5-9)13-11(14)10-4-7(6-17-10)12(15)16/h4,6,8-9H,2-3,5H2,1H3,(H,13,14)(H,15,16). The average Bonchev–Trinajstić information content (AvgIpc) is 2.97. The molecule has 1 aromatic heterocycles. The Morgan fingerprint density at radius 1 is 1.50 bits per heavy atom. The summed E-state index contributed by atoms with van der Waals surface area (Å²) in [6.07, 6.45) is 6.17. The van der Waals surface area contributed by atoms with E-state index in [4.69, 9.17) is 9.52 Å². The third kappa shape index (κ3) is 2.87. The van der Waals surface area contributed by atoms with Gasteiger partial charge in [0.05, 0.1) is 5.56 Å². The number of hydrogen-bond donors (Lipinski definition) is 2. The molecular weight excluding hydrogens is 254 g/mol. The fourth-order valence-corrected chi connectivity index (χ4v) is 2.91. The molecule has 0 spiro atoms. The van der Waals surface area contributed by atoms with Gasteiger partial charge in [0, 0.05) is 17.4 Å². The van der Waals surface area contributed by atoms with Crippen molar-refractivity contribution in [1.29, 1.82) is 0 Å². The molecule has 1 amide bonds. The zero-order valence-corrected chi connectivity index (χ0v) is 10.8. The summed E-state index contributed by atoms with van der Waals surface area (Å²) in [5.41, 5.74) is -0.00596. The molecule has 5 nitrogen and oxygen atoms in total. The number of carboxylic acid groups (broad SMARTS) is 1. The van der Waals surface area contributed by atoms with Crippen LogP contribution < -0.4 is 5.32 Å². The minimum absolute atomic E-state index is 0.00596. The summed E-state index contributed by atoms with van der Waals surface area (Å²) < 4.78 is 4.95. The summed E-state index contributed by atoms with van der Waals surface area (Å²) in [6.45, 7) is 0. The van der Waals surface area contributed by atoms with E-state index in [1.54, 1.807) is 0 Å². The third-order valence-corrected chi connectivity index (χ3v) is 4.22. The Labute approximate surface area is 109 Å². The van der Waals surface area contributed by atoms with Crippen LogP contribution in [0.1, 0.15) is 40.2 Å². The monoisotopic (exact) mass is 269 g/mol. The van der Waals surface area contributed by atoms with E-state index >= 15 is 0 Å². The molecule has 0 bridgehead atoms. The second-order valence-corrected chi connectivity index (χ2v) is 5.48. The number of carbonyl (C=O) groups is 2. The summed E-state index contributed by atoms with van der Waals surface area (Å²) in [6, 6.07) is 1.41. The third-order valence-electron chi connectivity index (χ3n) is 3.12. The maximum Gasteiger partial charge on any atom is 0.338 e. The van der Waals surface area contributed by atoms with Crippen molar-refractivity contribution in [2.75, 3.05) is 6.26 Å². The molecule has 1 saturated carbocycles. The van der Waals surface area contributed by atoms with Gasteiger partial charge in [0.15, 0.2) is 5.76 Å². The van der Waals surface area contributed by atoms with Crippen molar-refractivity contribution in [2.45, 2.75) is 30.6 Å². The molecular formula is C12H15NO4S. The van der Waals surface area contributed by atoms with Crippen LogP contribution in [0, 0.1) is 0 Å². The molecule has 0 saturated heterocycles. The van der Waals surface area contributed by atoms with E-state index in [-0.39, 0.29) is 23.3 Å². The van der Waals surface area contributed by atoms with Gasteiger partial charge in [0.25, 0.3) is 5.91 Å². The first-order valence-electron chi connectivity index (χ1n) is 5.75. The van der Waals surface area contributed by atoms with Crippen LogP contribution in [0.5, 0.6) is 0 Å². The van der Waals surface area contributed by atoms with Gasteiger partial charge < -0.3 is 14.8 Å². The molecule has 2 unspecified atom stereocenters. The number of carbonyl (C=O) groups excluding carboxylic acids is 1. The van der Waals surface area contributed by atoms with Gasteiger partial charge in [-0.05, 0) is 25.5 Å². The highest BCUT2D eigenvalue weighted by Gasteiger charge is 2.26. The number of thioether (sulfide) groups is 1. The van der Waals surface area contributed by atoms with Gasteiger partial charge in [0.1, 0.15) is 6.26 Å². The van der Waals surface area contributed by atoms with Crippen molar-refractivity contribution >= 4 is 23.6 Å². The molecule has 18 heavy (non-hydrogen) atoms. The van der Waals surface area contributed by atoms with E-state index in [0.717, 1.165) is 25.5 Å². The first kappa shape index (κ1) is 13.0. The Morgan fingerprint density at radius 2 is 2.28 bits per heavy atom. The van der Waals surface area contributed by atoms with Gasteiger partial charge in [-0.3, -0.25) is 4.79 Å². The lowest BCUT2D eigenvalue weighted by Crippen LogP contribution is -2.32. The Balaban J connectivity index is 1.93. The zero-order valence-electron chi connectivity index (χ0n) is 10.0. The predicted octanol–water partition coefficient (Wildman–Crippen LogP) is 1.99. The second-order valence-electron chi connectivity index (χ2n) is 4.35. The van der Waals surface area contributed by atoms with Gasteiger partial charge in [-0.2, -0.15) is 11.8 Å². The van der Waals surface area contributed by atoms with E-state index in [0.29, 0.717) is 5.25 Å². The molecule has 0 aromatic carbocycles. The molecule has 2 rings (SSSR count). The molecule has 98 valence electrons. The minimum Gasteiger partial charge on any atom is -0.478 e. The van der Waals surface area contributed by atoms with E-state index in [2.05, 4.69) is 11.6 Å². The zero-order chi connectivity index (χ0) is 13.1. The summed E-state index contributed by atoms with van der Waals surface area (Å²) in [7, 11) is 0. The highest BCUT2D eigenvalue weighted by atomic mass is 32.2. The number of rotatable bonds is 4. The normalized spacial score (nSPS) is 22.9. The van der Waals surface area contributed by atoms with Crippen LogP contribution in [-0.2, 0) is 0 Å². The summed E-state index contributed by atoms with van der Waals surface area (Å²) >= 11 is 1.81. The van der Waals surface area contributed by atoms with Crippen molar-refractivity contribution < 1.29 is 19.1 Å². The lowest BCUT2D eigenvalue weighted by Gasteiger charge is -2.11. The molecule has 2 atom stereocenters. The van der Waals surface area contributed by atoms with Gasteiger partial charge in [-0.1, -0.05) is 0 Å². The smallest absolute Gasteiger partial charge is 0.338 e. The van der Waals surface area contributed by atoms with Crippen molar-refractivity contribution in [3.63, 3.8) is 0 Å². The molecule has 1 heterocycles. The van der Waals surface area contributed by atoms with E-state index in [9.17, 15) is 9.59 Å². The minimum atomic E-state index is -1.10. The molecule has 0 radical (unpaired) electrons. The number of amides is 1. The summed E-state index contributed by atoms with van der Waals surface area (Å²) in [5, 5.41) is 12.2. The van der Waals surface area contributed by atoms with Crippen molar-refractivity contribution in [1.82, 2.24) is 5.32 Å². The van der Waals surface area contributed by atoms with E-state index < -0.39 is 5.97 Å². The topological polar surface area (TPSA) is 79.5 Å². The second kappa shape index (κ2) is 5.48. The van der Waals surface area contributed by atoms with Gasteiger partial charge in [-0.15, -0.1) is 0 Å². The Hall–Kier alpha value is -1.43. The lowest BCUT2D eigenvalue weighted by atomic mass is 10.2. The van der Waals surface area contributed by atoms with Crippen molar-refractivity contribution in [2.24, 2.45) is 0 Å². The van der Waals surface area contributed by atoms with Crippen molar-refractivity contribution in [3.8, 4) is 0 Å². The number of aromatic carboxylic acids is 1. The van der Waals surface area contributed by atoms with Crippen LogP contribution in [0.3, 0.4) is 0 Å². The van der Waals surface area contributed by atoms with Gasteiger partial charge in [-0.25, -0.2) is 4.79 Å². The Kier molecular flexibility index (Phi) is 3.96. The molecule has 6 heteroatoms. The Bertz CT molecular complexity index is 457. The van der Waals surface area contributed by atoms with Gasteiger partial charge in [0.2, 0.25) is 0 Å². The highest BCUT2D eigenvalue weighted by molar-refractivity contribution is 7.99. The SMILES string of the molecule is CSC1CCC(NC(=O)c2cc(C(=O)O)co2)C1. The number of hydrogen-bond acceptors (Lipinski definition) is 4. The molecule has 0 aliphatic heterocycles. The lowest BCUT2D eigenvalue weighted by molar-refractivity contribution is 0.0695. The first-order valence-corrected chi connectivity index (χ1v) is 7.04. The van der Waals surface area contributed by atoms with Gasteiger partial charge >= 0.3 is 5.97 Å². The predicted molar refractivity (Wildman–Crippen MR) is 68.1 cm³/mol. The summed E-state index contributed by atoms with van der Waals surface area (Å²) in [4.78, 5) is 22.5. The molecule has 1 aliphatic carbocycles. The molecule has 2 N–H and O–H groups in total. The number of carboxylic acids is 1. The van der Waals surface area contributed by atoms with Crippen LogP contribution >= 0.6 is 11.8 Å². The van der Waals surface area contributed by atoms with Crippen LogP contribution in [0.4, 0.5) is 0 Å². The maximum absolute atomic E-state index is 11.8. The molecule has 1 aliphatic rings. The quantitative estimate of drug-likeness (QED) is 0.873.